The number of aliphatic carboxylic acids is 1. The number of benzene rings is 2. The molecule has 2 aromatic carbocycles. The number of carboxylic acids is 1. The maximum atomic E-state index is 11.8. The zero-order chi connectivity index (χ0) is 19.1. The van der Waals surface area contributed by atoms with Gasteiger partial charge in [0.25, 0.3) is 0 Å². The molecule has 0 saturated heterocycles. The van der Waals surface area contributed by atoms with E-state index in [0.717, 1.165) is 22.2 Å². The minimum absolute atomic E-state index is 0.0691. The Morgan fingerprint density at radius 2 is 1.85 bits per heavy atom. The van der Waals surface area contributed by atoms with E-state index in [1.807, 2.05) is 65.4 Å². The van der Waals surface area contributed by atoms with Crippen LogP contribution >= 0.6 is 0 Å². The number of fused-ring (bicyclic) bond motifs is 1. The molecule has 1 heterocycles. The lowest BCUT2D eigenvalue weighted by Gasteiger charge is -2.09. The molecule has 3 rings (SSSR count). The normalized spacial score (nSPS) is 10.7. The molecule has 0 spiro atoms. The largest absolute Gasteiger partial charge is 0.489 e. The second-order valence-corrected chi connectivity index (χ2v) is 6.25. The predicted molar refractivity (Wildman–Crippen MR) is 103 cm³/mol. The van der Waals surface area contributed by atoms with Gasteiger partial charge in [-0.2, -0.15) is 0 Å². The fraction of sp³-hybridized carbons (Fsp3) is 0.238. The molecule has 0 saturated carbocycles. The van der Waals surface area contributed by atoms with E-state index in [-0.39, 0.29) is 18.9 Å². The van der Waals surface area contributed by atoms with Crippen molar-refractivity contribution in [2.24, 2.45) is 0 Å². The molecule has 27 heavy (non-hydrogen) atoms. The van der Waals surface area contributed by atoms with Gasteiger partial charge in [0.15, 0.2) is 0 Å². The zero-order valence-corrected chi connectivity index (χ0v) is 14.9. The minimum atomic E-state index is -0.922. The topological polar surface area (TPSA) is 80.6 Å². The van der Waals surface area contributed by atoms with Crippen molar-refractivity contribution in [3.05, 3.63) is 66.4 Å². The zero-order valence-electron chi connectivity index (χ0n) is 14.9. The Morgan fingerprint density at radius 3 is 2.63 bits per heavy atom. The SMILES string of the molecule is O=C(O)CCNC(=O)CCn1ccc2ccc(OCc3ccccc3)cc21. The van der Waals surface area contributed by atoms with Crippen LogP contribution in [0.1, 0.15) is 18.4 Å². The number of carboxylic acid groups (broad SMARTS) is 1. The van der Waals surface area contributed by atoms with Crippen molar-refractivity contribution in [1.29, 1.82) is 0 Å². The van der Waals surface area contributed by atoms with Crippen LogP contribution in [0.3, 0.4) is 0 Å². The first-order valence-corrected chi connectivity index (χ1v) is 8.86. The molecule has 6 nitrogen and oxygen atoms in total. The van der Waals surface area contributed by atoms with Crippen LogP contribution in [0.2, 0.25) is 0 Å². The Balaban J connectivity index is 1.59. The van der Waals surface area contributed by atoms with Gasteiger partial charge >= 0.3 is 5.97 Å². The van der Waals surface area contributed by atoms with Gasteiger partial charge in [-0.3, -0.25) is 9.59 Å². The molecule has 1 aromatic heterocycles. The molecule has 140 valence electrons. The molecule has 6 heteroatoms. The smallest absolute Gasteiger partial charge is 0.305 e. The molecule has 0 radical (unpaired) electrons. The number of aryl methyl sites for hydroxylation is 1. The van der Waals surface area contributed by atoms with E-state index in [1.165, 1.54) is 0 Å². The van der Waals surface area contributed by atoms with Gasteiger partial charge in [-0.05, 0) is 29.1 Å². The molecule has 0 unspecified atom stereocenters. The van der Waals surface area contributed by atoms with Crippen LogP contribution in [0, 0.1) is 0 Å². The molecular formula is C21H22N2O4. The lowest BCUT2D eigenvalue weighted by Crippen LogP contribution is -2.26. The highest BCUT2D eigenvalue weighted by atomic mass is 16.5. The van der Waals surface area contributed by atoms with Gasteiger partial charge < -0.3 is 19.7 Å². The average molecular weight is 366 g/mol. The average Bonchev–Trinajstić information content (AvgIpc) is 3.07. The fourth-order valence-corrected chi connectivity index (χ4v) is 2.81. The van der Waals surface area contributed by atoms with Gasteiger partial charge in [0.2, 0.25) is 5.91 Å². The Morgan fingerprint density at radius 1 is 1.04 bits per heavy atom. The highest BCUT2D eigenvalue weighted by Gasteiger charge is 2.07. The number of ether oxygens (including phenoxy) is 1. The van der Waals surface area contributed by atoms with E-state index >= 15 is 0 Å². The summed E-state index contributed by atoms with van der Waals surface area (Å²) < 4.78 is 7.88. The van der Waals surface area contributed by atoms with Crippen molar-refractivity contribution in [3.63, 3.8) is 0 Å². The second-order valence-electron chi connectivity index (χ2n) is 6.25. The summed E-state index contributed by atoms with van der Waals surface area (Å²) in [5, 5.41) is 12.3. The molecule has 0 bridgehead atoms. The Bertz CT molecular complexity index is 918. The van der Waals surface area contributed by atoms with Crippen LogP contribution in [0.5, 0.6) is 5.75 Å². The van der Waals surface area contributed by atoms with Crippen LogP contribution in [-0.2, 0) is 22.7 Å². The molecule has 0 aliphatic rings. The summed E-state index contributed by atoms with van der Waals surface area (Å²) in [6.07, 6.45) is 2.16. The highest BCUT2D eigenvalue weighted by Crippen LogP contribution is 2.23. The predicted octanol–water partition coefficient (Wildman–Crippen LogP) is 3.20. The van der Waals surface area contributed by atoms with Crippen molar-refractivity contribution in [1.82, 2.24) is 9.88 Å². The number of aromatic nitrogens is 1. The molecule has 0 atom stereocenters. The third-order valence-corrected chi connectivity index (χ3v) is 4.23. The van der Waals surface area contributed by atoms with Gasteiger partial charge in [0, 0.05) is 31.8 Å². The third-order valence-electron chi connectivity index (χ3n) is 4.23. The summed E-state index contributed by atoms with van der Waals surface area (Å²) >= 11 is 0. The van der Waals surface area contributed by atoms with Crippen molar-refractivity contribution in [3.8, 4) is 5.75 Å². The highest BCUT2D eigenvalue weighted by molar-refractivity contribution is 5.82. The van der Waals surface area contributed by atoms with Crippen molar-refractivity contribution in [2.45, 2.75) is 26.0 Å². The quantitative estimate of drug-likeness (QED) is 0.609. The maximum Gasteiger partial charge on any atom is 0.305 e. The van der Waals surface area contributed by atoms with Gasteiger partial charge in [-0.15, -0.1) is 0 Å². The summed E-state index contributed by atoms with van der Waals surface area (Å²) in [5.41, 5.74) is 2.10. The van der Waals surface area contributed by atoms with Crippen molar-refractivity contribution >= 4 is 22.8 Å². The summed E-state index contributed by atoms with van der Waals surface area (Å²) in [6.45, 7) is 1.17. The summed E-state index contributed by atoms with van der Waals surface area (Å²) in [6, 6.07) is 17.9. The monoisotopic (exact) mass is 366 g/mol. The maximum absolute atomic E-state index is 11.8. The molecule has 3 aromatic rings. The van der Waals surface area contributed by atoms with Gasteiger partial charge in [-0.1, -0.05) is 30.3 Å². The summed E-state index contributed by atoms with van der Waals surface area (Å²) in [5.74, 6) is -0.304. The van der Waals surface area contributed by atoms with E-state index in [9.17, 15) is 9.59 Å². The fourth-order valence-electron chi connectivity index (χ4n) is 2.81. The molecule has 1 amide bonds. The van der Waals surface area contributed by atoms with Crippen LogP contribution in [0.4, 0.5) is 0 Å². The van der Waals surface area contributed by atoms with E-state index in [1.54, 1.807) is 0 Å². The van der Waals surface area contributed by atoms with E-state index in [0.29, 0.717) is 19.6 Å². The van der Waals surface area contributed by atoms with Crippen LogP contribution < -0.4 is 10.1 Å². The molecule has 0 aliphatic carbocycles. The number of hydrogen-bond acceptors (Lipinski definition) is 3. The first kappa shape index (κ1) is 18.5. The molecule has 0 fully saturated rings. The first-order valence-electron chi connectivity index (χ1n) is 8.86. The Kier molecular flexibility index (Phi) is 6.10. The summed E-state index contributed by atoms with van der Waals surface area (Å²) in [7, 11) is 0. The van der Waals surface area contributed by atoms with Gasteiger partial charge in [0.1, 0.15) is 12.4 Å². The summed E-state index contributed by atoms with van der Waals surface area (Å²) in [4.78, 5) is 22.3. The van der Waals surface area contributed by atoms with Crippen LogP contribution in [0.25, 0.3) is 10.9 Å². The lowest BCUT2D eigenvalue weighted by atomic mass is 10.2. The molecular weight excluding hydrogens is 344 g/mol. The number of hydrogen-bond donors (Lipinski definition) is 2. The standard InChI is InChI=1S/C21H22N2O4/c24-20(22-11-8-21(25)26)10-13-23-12-9-17-6-7-18(14-19(17)23)27-15-16-4-2-1-3-5-16/h1-7,9,12,14H,8,10-11,13,15H2,(H,22,24)(H,25,26). The number of carbonyl (C=O) groups excluding carboxylic acids is 1. The van der Waals surface area contributed by atoms with Crippen LogP contribution in [0.15, 0.2) is 60.8 Å². The van der Waals surface area contributed by atoms with Crippen molar-refractivity contribution in [2.75, 3.05) is 6.54 Å². The van der Waals surface area contributed by atoms with E-state index in [4.69, 9.17) is 9.84 Å². The second kappa shape index (κ2) is 8.89. The van der Waals surface area contributed by atoms with Crippen molar-refractivity contribution < 1.29 is 19.4 Å². The molecule has 0 aliphatic heterocycles. The number of amides is 1. The number of nitrogens with zero attached hydrogens (tertiary/aromatic N) is 1. The van der Waals surface area contributed by atoms with E-state index < -0.39 is 5.97 Å². The number of rotatable bonds is 9. The Labute approximate surface area is 157 Å². The number of nitrogens with one attached hydrogen (secondary N) is 1. The van der Waals surface area contributed by atoms with Gasteiger partial charge in [-0.25, -0.2) is 0 Å². The van der Waals surface area contributed by atoms with E-state index in [2.05, 4.69) is 5.32 Å². The lowest BCUT2D eigenvalue weighted by molar-refractivity contribution is -0.136. The minimum Gasteiger partial charge on any atom is -0.489 e. The van der Waals surface area contributed by atoms with Gasteiger partial charge in [0.05, 0.1) is 11.9 Å². The third kappa shape index (κ3) is 5.34. The number of carbonyl (C=O) groups is 2. The molecule has 2 N–H and O–H groups in total. The van der Waals surface area contributed by atoms with Crippen LogP contribution in [-0.4, -0.2) is 28.1 Å². The first-order chi connectivity index (χ1) is 13.1. The Hall–Kier alpha value is -3.28.